The molecule has 0 spiro atoms. The van der Waals surface area contributed by atoms with Gasteiger partial charge in [-0.2, -0.15) is 0 Å². The molecule has 7 heteroatoms. The third-order valence-electron chi connectivity index (χ3n) is 2.62. The predicted molar refractivity (Wildman–Crippen MR) is 87.7 cm³/mol. The van der Waals surface area contributed by atoms with E-state index in [1.54, 1.807) is 21.1 Å². The van der Waals surface area contributed by atoms with Crippen molar-refractivity contribution < 1.29 is 4.79 Å². The lowest BCUT2D eigenvalue weighted by molar-refractivity contribution is -0.127. The monoisotopic (exact) mass is 379 g/mol. The number of amides is 1. The number of guanidine groups is 1. The molecule has 0 radical (unpaired) electrons. The van der Waals surface area contributed by atoms with Crippen molar-refractivity contribution in [2.45, 2.75) is 6.54 Å². The van der Waals surface area contributed by atoms with Gasteiger partial charge in [0.05, 0.1) is 13.1 Å². The highest BCUT2D eigenvalue weighted by molar-refractivity contribution is 14.0. The molecule has 0 aliphatic heterocycles. The molecule has 0 saturated carbocycles. The van der Waals surface area contributed by atoms with E-state index in [0.29, 0.717) is 12.5 Å². The van der Waals surface area contributed by atoms with Crippen LogP contribution in [0, 0.1) is 0 Å². The van der Waals surface area contributed by atoms with Gasteiger partial charge in [-0.05, 0) is 12.1 Å². The van der Waals surface area contributed by atoms with Crippen LogP contribution >= 0.6 is 24.0 Å². The van der Waals surface area contributed by atoms with Crippen molar-refractivity contribution in [3.8, 4) is 0 Å². The molecule has 1 amide bonds. The maximum atomic E-state index is 11.4. The Morgan fingerprint density at radius 1 is 1.42 bits per heavy atom. The molecule has 1 rings (SSSR count). The second-order valence-electron chi connectivity index (χ2n) is 4.18. The number of aliphatic imine (C=N–C) groups is 1. The van der Waals surface area contributed by atoms with Crippen LogP contribution in [0.1, 0.15) is 5.69 Å². The van der Waals surface area contributed by atoms with Gasteiger partial charge in [-0.3, -0.25) is 9.79 Å². The minimum absolute atomic E-state index is 0. The lowest BCUT2D eigenvalue weighted by Crippen LogP contribution is -2.42. The Balaban J connectivity index is 0.00000324. The zero-order chi connectivity index (χ0) is 13.5. The van der Waals surface area contributed by atoms with E-state index in [1.165, 1.54) is 4.90 Å². The summed E-state index contributed by atoms with van der Waals surface area (Å²) in [4.78, 5) is 17.0. The molecule has 0 saturated heterocycles. The Morgan fingerprint density at radius 2 is 2.11 bits per heavy atom. The third-order valence-corrected chi connectivity index (χ3v) is 2.62. The second-order valence-corrected chi connectivity index (χ2v) is 4.18. The Bertz CT molecular complexity index is 428. The summed E-state index contributed by atoms with van der Waals surface area (Å²) >= 11 is 0. The molecule has 0 bridgehead atoms. The minimum atomic E-state index is 0. The van der Waals surface area contributed by atoms with Gasteiger partial charge in [0.25, 0.3) is 0 Å². The summed E-state index contributed by atoms with van der Waals surface area (Å²) in [5, 5.41) is 6.13. The summed E-state index contributed by atoms with van der Waals surface area (Å²) < 4.78 is 2.03. The maximum absolute atomic E-state index is 11.4. The molecule has 0 aliphatic carbocycles. The molecular weight excluding hydrogens is 357 g/mol. The van der Waals surface area contributed by atoms with E-state index in [-0.39, 0.29) is 36.4 Å². The first-order valence-electron chi connectivity index (χ1n) is 5.79. The lowest BCUT2D eigenvalue weighted by Gasteiger charge is -2.14. The average molecular weight is 379 g/mol. The summed E-state index contributed by atoms with van der Waals surface area (Å²) in [6.07, 6.45) is 1.99. The Hall–Kier alpha value is -1.25. The molecule has 2 N–H and O–H groups in total. The van der Waals surface area contributed by atoms with E-state index in [4.69, 9.17) is 0 Å². The molecule has 108 valence electrons. The Kier molecular flexibility index (Phi) is 8.21. The first-order valence-corrected chi connectivity index (χ1v) is 5.79. The highest BCUT2D eigenvalue weighted by Crippen LogP contribution is 1.97. The Morgan fingerprint density at radius 3 is 2.58 bits per heavy atom. The quantitative estimate of drug-likeness (QED) is 0.452. The van der Waals surface area contributed by atoms with Crippen LogP contribution in [0.5, 0.6) is 0 Å². The molecule has 1 aromatic heterocycles. The lowest BCUT2D eigenvalue weighted by atomic mass is 10.4. The van der Waals surface area contributed by atoms with Gasteiger partial charge in [0.2, 0.25) is 5.91 Å². The third kappa shape index (κ3) is 5.95. The van der Waals surface area contributed by atoms with Gasteiger partial charge < -0.3 is 20.1 Å². The van der Waals surface area contributed by atoms with Crippen LogP contribution in [-0.4, -0.2) is 49.0 Å². The summed E-state index contributed by atoms with van der Waals surface area (Å²) in [5.41, 5.74) is 1.15. The van der Waals surface area contributed by atoms with Gasteiger partial charge in [-0.1, -0.05) is 0 Å². The van der Waals surface area contributed by atoms with Crippen LogP contribution in [0.2, 0.25) is 0 Å². The van der Waals surface area contributed by atoms with E-state index in [9.17, 15) is 4.79 Å². The summed E-state index contributed by atoms with van der Waals surface area (Å²) in [6.45, 7) is 0.902. The number of nitrogens with one attached hydrogen (secondary N) is 2. The number of hydrogen-bond acceptors (Lipinski definition) is 2. The number of nitrogens with zero attached hydrogens (tertiary/aromatic N) is 3. The number of aryl methyl sites for hydroxylation is 1. The summed E-state index contributed by atoms with van der Waals surface area (Å²) in [5.74, 6) is 0.628. The van der Waals surface area contributed by atoms with Crippen molar-refractivity contribution in [1.29, 1.82) is 0 Å². The molecule has 0 fully saturated rings. The van der Waals surface area contributed by atoms with Gasteiger partial charge in [0, 0.05) is 40.1 Å². The number of likely N-dealkylation sites (N-methyl/N-ethyl adjacent to an activating group) is 1. The normalized spacial score (nSPS) is 10.6. The van der Waals surface area contributed by atoms with E-state index in [0.717, 1.165) is 5.69 Å². The van der Waals surface area contributed by atoms with E-state index < -0.39 is 0 Å². The molecule has 19 heavy (non-hydrogen) atoms. The van der Waals surface area contributed by atoms with Crippen LogP contribution in [0.15, 0.2) is 23.3 Å². The number of carbonyl (C=O) groups excluding carboxylic acids is 1. The van der Waals surface area contributed by atoms with E-state index in [2.05, 4.69) is 15.6 Å². The average Bonchev–Trinajstić information content (AvgIpc) is 2.74. The van der Waals surface area contributed by atoms with Crippen molar-refractivity contribution in [3.05, 3.63) is 24.0 Å². The Labute approximate surface area is 131 Å². The smallest absolute Gasteiger partial charge is 0.241 e. The number of aromatic nitrogens is 1. The summed E-state index contributed by atoms with van der Waals surface area (Å²) in [6, 6.07) is 4.02. The molecule has 0 unspecified atom stereocenters. The first kappa shape index (κ1) is 17.8. The van der Waals surface area contributed by atoms with Gasteiger partial charge in [0.15, 0.2) is 5.96 Å². The molecule has 6 nitrogen and oxygen atoms in total. The van der Waals surface area contributed by atoms with Crippen LogP contribution in [0.3, 0.4) is 0 Å². The van der Waals surface area contributed by atoms with Crippen LogP contribution in [0.4, 0.5) is 0 Å². The molecule has 1 heterocycles. The topological polar surface area (TPSA) is 61.7 Å². The van der Waals surface area contributed by atoms with Gasteiger partial charge in [0.1, 0.15) is 0 Å². The first-order chi connectivity index (χ1) is 8.54. The molecule has 0 aromatic carbocycles. The van der Waals surface area contributed by atoms with Gasteiger partial charge in [-0.15, -0.1) is 24.0 Å². The number of hydrogen-bond donors (Lipinski definition) is 2. The number of carbonyl (C=O) groups is 1. The van der Waals surface area contributed by atoms with E-state index in [1.807, 2.05) is 29.9 Å². The van der Waals surface area contributed by atoms with Crippen LogP contribution in [0.25, 0.3) is 0 Å². The fraction of sp³-hybridized carbons (Fsp3) is 0.500. The maximum Gasteiger partial charge on any atom is 0.241 e. The standard InChI is InChI=1S/C12H21N5O.HI/c1-13-12(15-9-11(18)16(2)3)14-8-10-6-5-7-17(10)4;/h5-7H,8-9H2,1-4H3,(H2,13,14,15);1H. The predicted octanol–water partition coefficient (Wildman–Crippen LogP) is 0.396. The molecule has 0 aliphatic rings. The van der Waals surface area contributed by atoms with Crippen molar-refractivity contribution in [2.75, 3.05) is 27.7 Å². The number of rotatable bonds is 4. The zero-order valence-corrected chi connectivity index (χ0v) is 14.1. The minimum Gasteiger partial charge on any atom is -0.353 e. The fourth-order valence-electron chi connectivity index (χ4n) is 1.39. The highest BCUT2D eigenvalue weighted by Gasteiger charge is 2.05. The summed E-state index contributed by atoms with van der Waals surface area (Å²) in [7, 11) is 7.12. The molecule has 0 atom stereocenters. The van der Waals surface area contributed by atoms with Crippen LogP contribution in [-0.2, 0) is 18.4 Å². The van der Waals surface area contributed by atoms with Gasteiger partial charge in [-0.25, -0.2) is 0 Å². The van der Waals surface area contributed by atoms with E-state index >= 15 is 0 Å². The highest BCUT2D eigenvalue weighted by atomic mass is 127. The largest absolute Gasteiger partial charge is 0.353 e. The van der Waals surface area contributed by atoms with Crippen molar-refractivity contribution >= 4 is 35.8 Å². The zero-order valence-electron chi connectivity index (χ0n) is 11.8. The SMILES string of the molecule is CN=C(NCC(=O)N(C)C)NCc1cccn1C.I. The molecular formula is C12H22IN5O. The second kappa shape index (κ2) is 8.78. The fourth-order valence-corrected chi connectivity index (χ4v) is 1.39. The van der Waals surface area contributed by atoms with Crippen LogP contribution < -0.4 is 10.6 Å². The van der Waals surface area contributed by atoms with Gasteiger partial charge >= 0.3 is 0 Å². The van der Waals surface area contributed by atoms with Crippen molar-refractivity contribution in [2.24, 2.45) is 12.0 Å². The van der Waals surface area contributed by atoms with Crippen molar-refractivity contribution in [3.63, 3.8) is 0 Å². The number of halogens is 1. The van der Waals surface area contributed by atoms with Crippen molar-refractivity contribution in [1.82, 2.24) is 20.1 Å². The molecule has 1 aromatic rings.